The van der Waals surface area contributed by atoms with E-state index in [9.17, 15) is 4.79 Å². The molecule has 1 amide bonds. The Morgan fingerprint density at radius 1 is 1.40 bits per heavy atom. The summed E-state index contributed by atoms with van der Waals surface area (Å²) in [5.74, 6) is 4.89. The normalized spacial score (nSPS) is 23.6. The molecule has 1 heterocycles. The van der Waals surface area contributed by atoms with Crippen molar-refractivity contribution >= 4 is 21.8 Å². The molecular formula is C15H22BrN3O. The molecule has 20 heavy (non-hydrogen) atoms. The number of carbonyl (C=O) groups is 1. The molecule has 1 aromatic carbocycles. The van der Waals surface area contributed by atoms with Gasteiger partial charge in [0, 0.05) is 28.7 Å². The highest BCUT2D eigenvalue weighted by molar-refractivity contribution is 9.10. The van der Waals surface area contributed by atoms with Gasteiger partial charge in [-0.2, -0.15) is 0 Å². The average molecular weight is 340 g/mol. The Hall–Kier alpha value is -0.910. The van der Waals surface area contributed by atoms with Crippen molar-refractivity contribution in [1.29, 1.82) is 0 Å². The van der Waals surface area contributed by atoms with Gasteiger partial charge in [-0.3, -0.25) is 15.1 Å². The number of nitrogens with zero attached hydrogens (tertiary/aromatic N) is 1. The monoisotopic (exact) mass is 339 g/mol. The number of piperidine rings is 1. The number of nitrogens with two attached hydrogens (primary N) is 1. The van der Waals surface area contributed by atoms with Crippen LogP contribution < -0.4 is 11.3 Å². The van der Waals surface area contributed by atoms with Gasteiger partial charge in [-0.25, -0.2) is 5.84 Å². The number of carbonyl (C=O) groups excluding carboxylic acids is 1. The fourth-order valence-electron chi connectivity index (χ4n) is 2.88. The average Bonchev–Trinajstić information content (AvgIpc) is 2.43. The van der Waals surface area contributed by atoms with E-state index in [-0.39, 0.29) is 5.91 Å². The van der Waals surface area contributed by atoms with Crippen molar-refractivity contribution in [2.24, 2.45) is 5.84 Å². The van der Waals surface area contributed by atoms with Crippen LogP contribution in [-0.2, 0) is 6.54 Å². The Labute approximate surface area is 128 Å². The number of rotatable bonds is 3. The van der Waals surface area contributed by atoms with E-state index in [0.29, 0.717) is 17.6 Å². The SMILES string of the molecule is C[C@@H]1CCC[C@H](C)N1Cc1ccc(C(=O)NN)cc1Br. The molecule has 2 atom stereocenters. The van der Waals surface area contributed by atoms with Crippen LogP contribution in [0.3, 0.4) is 0 Å². The lowest BCUT2D eigenvalue weighted by molar-refractivity contribution is 0.0943. The highest BCUT2D eigenvalue weighted by Crippen LogP contribution is 2.27. The van der Waals surface area contributed by atoms with Gasteiger partial charge in [0.05, 0.1) is 0 Å². The molecule has 0 radical (unpaired) electrons. The molecule has 0 spiro atoms. The second kappa shape index (κ2) is 6.70. The molecule has 0 bridgehead atoms. The number of hydrazine groups is 1. The van der Waals surface area contributed by atoms with Gasteiger partial charge in [0.2, 0.25) is 0 Å². The summed E-state index contributed by atoms with van der Waals surface area (Å²) in [6.45, 7) is 5.49. The van der Waals surface area contributed by atoms with Crippen LogP contribution >= 0.6 is 15.9 Å². The number of hydrogen-bond donors (Lipinski definition) is 2. The van der Waals surface area contributed by atoms with E-state index in [2.05, 4.69) is 40.1 Å². The summed E-state index contributed by atoms with van der Waals surface area (Å²) in [7, 11) is 0. The quantitative estimate of drug-likeness (QED) is 0.505. The zero-order valence-electron chi connectivity index (χ0n) is 12.0. The zero-order valence-corrected chi connectivity index (χ0v) is 13.6. The second-order valence-electron chi connectivity index (χ2n) is 5.58. The van der Waals surface area contributed by atoms with Gasteiger partial charge in [0.1, 0.15) is 0 Å². The summed E-state index contributed by atoms with van der Waals surface area (Å²) in [6, 6.07) is 6.87. The molecule has 2 rings (SSSR count). The van der Waals surface area contributed by atoms with Crippen molar-refractivity contribution in [2.75, 3.05) is 0 Å². The topological polar surface area (TPSA) is 58.4 Å². The molecule has 1 fully saturated rings. The van der Waals surface area contributed by atoms with Crippen LogP contribution in [0.15, 0.2) is 22.7 Å². The van der Waals surface area contributed by atoms with Crippen molar-refractivity contribution in [1.82, 2.24) is 10.3 Å². The van der Waals surface area contributed by atoms with Gasteiger partial charge in [-0.1, -0.05) is 28.4 Å². The molecule has 0 unspecified atom stereocenters. The molecule has 3 N–H and O–H groups in total. The number of hydrogen-bond acceptors (Lipinski definition) is 3. The predicted octanol–water partition coefficient (Wildman–Crippen LogP) is 2.82. The Morgan fingerprint density at radius 2 is 2.05 bits per heavy atom. The maximum atomic E-state index is 11.5. The van der Waals surface area contributed by atoms with Crippen LogP contribution in [0.5, 0.6) is 0 Å². The van der Waals surface area contributed by atoms with Crippen molar-refractivity contribution < 1.29 is 4.79 Å². The molecule has 1 aliphatic rings. The molecular weight excluding hydrogens is 318 g/mol. The van der Waals surface area contributed by atoms with Crippen molar-refractivity contribution in [2.45, 2.75) is 51.7 Å². The first-order valence-corrected chi connectivity index (χ1v) is 7.87. The molecule has 1 aromatic rings. The lowest BCUT2D eigenvalue weighted by Crippen LogP contribution is -2.43. The lowest BCUT2D eigenvalue weighted by atomic mass is 9.96. The number of benzene rings is 1. The van der Waals surface area contributed by atoms with Crippen LogP contribution in [-0.4, -0.2) is 22.9 Å². The van der Waals surface area contributed by atoms with E-state index in [4.69, 9.17) is 5.84 Å². The first-order valence-electron chi connectivity index (χ1n) is 7.08. The fourth-order valence-corrected chi connectivity index (χ4v) is 3.39. The van der Waals surface area contributed by atoms with E-state index < -0.39 is 0 Å². The van der Waals surface area contributed by atoms with E-state index in [1.54, 1.807) is 0 Å². The maximum Gasteiger partial charge on any atom is 0.265 e. The summed E-state index contributed by atoms with van der Waals surface area (Å²) in [4.78, 5) is 14.0. The first kappa shape index (κ1) is 15.5. The molecule has 4 nitrogen and oxygen atoms in total. The van der Waals surface area contributed by atoms with E-state index >= 15 is 0 Å². The van der Waals surface area contributed by atoms with Gasteiger partial charge in [-0.15, -0.1) is 0 Å². The van der Waals surface area contributed by atoms with Gasteiger partial charge in [0.25, 0.3) is 5.91 Å². The predicted molar refractivity (Wildman–Crippen MR) is 84.1 cm³/mol. The third kappa shape index (κ3) is 3.40. The third-order valence-electron chi connectivity index (χ3n) is 4.18. The molecule has 0 saturated carbocycles. The summed E-state index contributed by atoms with van der Waals surface area (Å²) in [5.41, 5.74) is 3.93. The zero-order chi connectivity index (χ0) is 14.7. The Kier molecular flexibility index (Phi) is 5.18. The van der Waals surface area contributed by atoms with Gasteiger partial charge in [-0.05, 0) is 44.4 Å². The number of likely N-dealkylation sites (tertiary alicyclic amines) is 1. The Bertz CT molecular complexity index is 482. The highest BCUT2D eigenvalue weighted by Gasteiger charge is 2.25. The largest absolute Gasteiger partial charge is 0.294 e. The third-order valence-corrected chi connectivity index (χ3v) is 4.91. The maximum absolute atomic E-state index is 11.5. The molecule has 1 aliphatic heterocycles. The minimum atomic E-state index is -0.267. The smallest absolute Gasteiger partial charge is 0.265 e. The first-order chi connectivity index (χ1) is 9.52. The molecule has 0 aromatic heterocycles. The van der Waals surface area contributed by atoms with Crippen LogP contribution in [0.25, 0.3) is 0 Å². The lowest BCUT2D eigenvalue weighted by Gasteiger charge is -2.39. The van der Waals surface area contributed by atoms with Crippen LogP contribution in [0.1, 0.15) is 49.0 Å². The summed E-state index contributed by atoms with van der Waals surface area (Å²) in [6.07, 6.45) is 3.83. The molecule has 5 heteroatoms. The summed E-state index contributed by atoms with van der Waals surface area (Å²) >= 11 is 3.56. The number of amides is 1. The van der Waals surface area contributed by atoms with Gasteiger partial charge in [0.15, 0.2) is 0 Å². The van der Waals surface area contributed by atoms with Crippen molar-refractivity contribution in [3.63, 3.8) is 0 Å². The molecule has 0 aliphatic carbocycles. The number of nitrogen functional groups attached to an aromatic ring is 1. The standard InChI is InChI=1S/C15H22BrN3O/c1-10-4-3-5-11(2)19(10)9-13-7-6-12(8-14(13)16)15(20)18-17/h6-8,10-11H,3-5,9,17H2,1-2H3,(H,18,20)/t10-,11+. The molecule has 1 saturated heterocycles. The van der Waals surface area contributed by atoms with E-state index in [0.717, 1.165) is 11.0 Å². The van der Waals surface area contributed by atoms with E-state index in [1.165, 1.54) is 24.8 Å². The number of nitrogens with one attached hydrogen (secondary N) is 1. The minimum absolute atomic E-state index is 0.267. The second-order valence-corrected chi connectivity index (χ2v) is 6.44. The van der Waals surface area contributed by atoms with Gasteiger partial charge >= 0.3 is 0 Å². The number of halogens is 1. The van der Waals surface area contributed by atoms with Crippen molar-refractivity contribution in [3.8, 4) is 0 Å². The fraction of sp³-hybridized carbons (Fsp3) is 0.533. The van der Waals surface area contributed by atoms with Crippen LogP contribution in [0.4, 0.5) is 0 Å². The van der Waals surface area contributed by atoms with Crippen molar-refractivity contribution in [3.05, 3.63) is 33.8 Å². The van der Waals surface area contributed by atoms with Crippen LogP contribution in [0, 0.1) is 0 Å². The highest BCUT2D eigenvalue weighted by atomic mass is 79.9. The minimum Gasteiger partial charge on any atom is -0.294 e. The summed E-state index contributed by atoms with van der Waals surface area (Å²) < 4.78 is 0.962. The Balaban J connectivity index is 2.15. The van der Waals surface area contributed by atoms with Crippen LogP contribution in [0.2, 0.25) is 0 Å². The molecule has 110 valence electrons. The van der Waals surface area contributed by atoms with E-state index in [1.807, 2.05) is 18.2 Å². The summed E-state index contributed by atoms with van der Waals surface area (Å²) in [5, 5.41) is 0. The van der Waals surface area contributed by atoms with Gasteiger partial charge < -0.3 is 0 Å². The Morgan fingerprint density at radius 3 is 2.60 bits per heavy atom.